The van der Waals surface area contributed by atoms with Crippen molar-refractivity contribution in [2.75, 3.05) is 5.32 Å². The van der Waals surface area contributed by atoms with E-state index in [0.717, 1.165) is 22.2 Å². The van der Waals surface area contributed by atoms with Crippen molar-refractivity contribution >= 4 is 49.1 Å². The molecule has 2 aromatic rings. The molecule has 0 radical (unpaired) electrons. The highest BCUT2D eigenvalue weighted by Gasteiger charge is 2.30. The average molecular weight is 443 g/mol. The molecule has 0 fully saturated rings. The molecule has 0 aliphatic carbocycles. The lowest BCUT2D eigenvalue weighted by Gasteiger charge is -2.13. The Morgan fingerprint density at radius 3 is 2.33 bits per heavy atom. The third kappa shape index (κ3) is 4.37. The Kier molecular flexibility index (Phi) is 5.22. The average Bonchev–Trinajstić information content (AvgIpc) is 2.38. The number of nitrogens with one attached hydrogen (secondary N) is 1. The number of hydrogen-bond donors (Lipinski definition) is 1. The van der Waals surface area contributed by atoms with Crippen LogP contribution in [0.4, 0.5) is 18.9 Å². The molecular formula is C14H9Br2ClF3N. The van der Waals surface area contributed by atoms with Gasteiger partial charge >= 0.3 is 6.18 Å². The van der Waals surface area contributed by atoms with Crippen LogP contribution in [0.2, 0.25) is 5.02 Å². The summed E-state index contributed by atoms with van der Waals surface area (Å²) < 4.78 is 39.5. The minimum absolute atomic E-state index is 0.373. The fraction of sp³-hybridized carbons (Fsp3) is 0.143. The fourth-order valence-electron chi connectivity index (χ4n) is 1.69. The van der Waals surface area contributed by atoms with E-state index >= 15 is 0 Å². The van der Waals surface area contributed by atoms with Crippen molar-refractivity contribution < 1.29 is 13.2 Å². The first-order chi connectivity index (χ1) is 9.77. The zero-order valence-corrected chi connectivity index (χ0v) is 14.4. The zero-order chi connectivity index (χ0) is 15.6. The van der Waals surface area contributed by atoms with Crippen LogP contribution in [0.15, 0.2) is 45.3 Å². The molecule has 0 unspecified atom stereocenters. The molecule has 7 heteroatoms. The normalized spacial score (nSPS) is 11.5. The highest BCUT2D eigenvalue weighted by Crippen LogP contribution is 2.34. The number of rotatable bonds is 3. The molecule has 0 bridgehead atoms. The molecule has 21 heavy (non-hydrogen) atoms. The second-order valence-corrected chi connectivity index (χ2v) is 6.43. The first-order valence-corrected chi connectivity index (χ1v) is 7.78. The highest BCUT2D eigenvalue weighted by atomic mass is 79.9. The van der Waals surface area contributed by atoms with Crippen molar-refractivity contribution in [1.82, 2.24) is 0 Å². The van der Waals surface area contributed by atoms with Gasteiger partial charge in [-0.05, 0) is 51.8 Å². The highest BCUT2D eigenvalue weighted by molar-refractivity contribution is 9.11. The van der Waals surface area contributed by atoms with Gasteiger partial charge in [0.2, 0.25) is 0 Å². The molecule has 2 aromatic carbocycles. The molecule has 0 aromatic heterocycles. The lowest BCUT2D eigenvalue weighted by atomic mass is 10.1. The summed E-state index contributed by atoms with van der Waals surface area (Å²) in [7, 11) is 0. The van der Waals surface area contributed by atoms with E-state index in [1.807, 2.05) is 0 Å². The van der Waals surface area contributed by atoms with Gasteiger partial charge in [-0.25, -0.2) is 0 Å². The van der Waals surface area contributed by atoms with E-state index in [0.29, 0.717) is 21.7 Å². The molecule has 0 atom stereocenters. The van der Waals surface area contributed by atoms with Crippen molar-refractivity contribution in [3.8, 4) is 0 Å². The zero-order valence-electron chi connectivity index (χ0n) is 10.4. The molecule has 0 amide bonds. The van der Waals surface area contributed by atoms with Gasteiger partial charge in [0.25, 0.3) is 0 Å². The Hall–Kier alpha value is -0.720. The standard InChI is InChI=1S/C14H9Br2ClF3N/c15-11-4-2-9(14(18,19)20)5-13(11)21-7-8-1-3-10(17)6-12(8)16/h1-6,21H,7H2. The maximum absolute atomic E-state index is 12.7. The summed E-state index contributed by atoms with van der Waals surface area (Å²) in [4.78, 5) is 0. The van der Waals surface area contributed by atoms with Gasteiger partial charge in [-0.2, -0.15) is 13.2 Å². The summed E-state index contributed by atoms with van der Waals surface area (Å²) >= 11 is 12.5. The summed E-state index contributed by atoms with van der Waals surface area (Å²) in [6, 6.07) is 8.76. The van der Waals surface area contributed by atoms with Crippen molar-refractivity contribution in [2.45, 2.75) is 12.7 Å². The van der Waals surface area contributed by atoms with Gasteiger partial charge in [0.15, 0.2) is 0 Å². The van der Waals surface area contributed by atoms with E-state index in [2.05, 4.69) is 37.2 Å². The molecule has 0 saturated heterocycles. The van der Waals surface area contributed by atoms with E-state index in [9.17, 15) is 13.2 Å². The summed E-state index contributed by atoms with van der Waals surface area (Å²) in [6.45, 7) is 0.373. The van der Waals surface area contributed by atoms with Crippen LogP contribution in [0.1, 0.15) is 11.1 Å². The second-order valence-electron chi connectivity index (χ2n) is 4.28. The molecule has 1 N–H and O–H groups in total. The number of halogens is 6. The monoisotopic (exact) mass is 441 g/mol. The van der Waals surface area contributed by atoms with Crippen LogP contribution in [0.5, 0.6) is 0 Å². The third-order valence-electron chi connectivity index (χ3n) is 2.78. The number of benzene rings is 2. The molecule has 1 nitrogen and oxygen atoms in total. The maximum atomic E-state index is 12.7. The quantitative estimate of drug-likeness (QED) is 0.571. The van der Waals surface area contributed by atoms with Gasteiger partial charge in [0.05, 0.1) is 5.56 Å². The summed E-state index contributed by atoms with van der Waals surface area (Å²) in [5.74, 6) is 0. The molecule has 0 aliphatic rings. The van der Waals surface area contributed by atoms with E-state index in [-0.39, 0.29) is 0 Å². The Bertz CT molecular complexity index is 659. The molecule has 112 valence electrons. The van der Waals surface area contributed by atoms with E-state index in [4.69, 9.17) is 11.6 Å². The molecule has 2 rings (SSSR count). The Morgan fingerprint density at radius 2 is 1.71 bits per heavy atom. The third-order valence-corrected chi connectivity index (χ3v) is 4.44. The predicted molar refractivity (Wildman–Crippen MR) is 85.6 cm³/mol. The van der Waals surface area contributed by atoms with Crippen LogP contribution in [0, 0.1) is 0 Å². The minimum Gasteiger partial charge on any atom is -0.380 e. The predicted octanol–water partition coefficient (Wildman–Crippen LogP) is 6.50. The van der Waals surface area contributed by atoms with Crippen LogP contribution < -0.4 is 5.32 Å². The first-order valence-electron chi connectivity index (χ1n) is 5.82. The van der Waals surface area contributed by atoms with Crippen LogP contribution in [-0.2, 0) is 12.7 Å². The number of hydrogen-bond acceptors (Lipinski definition) is 1. The SMILES string of the molecule is FC(F)(F)c1ccc(Br)c(NCc2ccc(Cl)cc2Br)c1. The van der Waals surface area contributed by atoms with Gasteiger partial charge in [0.1, 0.15) is 0 Å². The van der Waals surface area contributed by atoms with Crippen molar-refractivity contribution in [3.63, 3.8) is 0 Å². The first kappa shape index (κ1) is 16.6. The van der Waals surface area contributed by atoms with Crippen molar-refractivity contribution in [1.29, 1.82) is 0 Å². The van der Waals surface area contributed by atoms with Gasteiger partial charge < -0.3 is 5.32 Å². The topological polar surface area (TPSA) is 12.0 Å². The summed E-state index contributed by atoms with van der Waals surface area (Å²) in [5.41, 5.74) is 0.582. The van der Waals surface area contributed by atoms with Crippen LogP contribution in [0.25, 0.3) is 0 Å². The summed E-state index contributed by atoms with van der Waals surface area (Å²) in [6.07, 6.45) is -4.36. The lowest BCUT2D eigenvalue weighted by Crippen LogP contribution is -2.07. The molecular weight excluding hydrogens is 434 g/mol. The van der Waals surface area contributed by atoms with E-state index in [1.165, 1.54) is 6.07 Å². The molecule has 0 aliphatic heterocycles. The van der Waals surface area contributed by atoms with Crippen LogP contribution in [0.3, 0.4) is 0 Å². The minimum atomic E-state index is -4.36. The molecule has 0 heterocycles. The van der Waals surface area contributed by atoms with Crippen molar-refractivity contribution in [2.24, 2.45) is 0 Å². The maximum Gasteiger partial charge on any atom is 0.416 e. The second kappa shape index (κ2) is 6.58. The van der Waals surface area contributed by atoms with Crippen LogP contribution in [-0.4, -0.2) is 0 Å². The van der Waals surface area contributed by atoms with Gasteiger partial charge in [-0.15, -0.1) is 0 Å². The van der Waals surface area contributed by atoms with Crippen LogP contribution >= 0.6 is 43.5 Å². The molecule has 0 spiro atoms. The van der Waals surface area contributed by atoms with E-state index < -0.39 is 11.7 Å². The Labute approximate surface area is 141 Å². The van der Waals surface area contributed by atoms with Gasteiger partial charge in [0, 0.05) is 26.2 Å². The van der Waals surface area contributed by atoms with E-state index in [1.54, 1.807) is 18.2 Å². The smallest absolute Gasteiger partial charge is 0.380 e. The summed E-state index contributed by atoms with van der Waals surface area (Å²) in [5, 5.41) is 3.57. The number of anilines is 1. The molecule has 0 saturated carbocycles. The Morgan fingerprint density at radius 1 is 1.00 bits per heavy atom. The van der Waals surface area contributed by atoms with Crippen molar-refractivity contribution in [3.05, 3.63) is 61.5 Å². The van der Waals surface area contributed by atoms with Gasteiger partial charge in [-0.3, -0.25) is 0 Å². The van der Waals surface area contributed by atoms with Gasteiger partial charge in [-0.1, -0.05) is 33.6 Å². The fourth-order valence-corrected chi connectivity index (χ4v) is 2.90. The Balaban J connectivity index is 2.19. The largest absolute Gasteiger partial charge is 0.416 e. The lowest BCUT2D eigenvalue weighted by molar-refractivity contribution is -0.137. The number of alkyl halides is 3.